The van der Waals surface area contributed by atoms with Crippen LogP contribution in [0.5, 0.6) is 0 Å². The van der Waals surface area contributed by atoms with Crippen LogP contribution in [0.3, 0.4) is 0 Å². The van der Waals surface area contributed by atoms with E-state index in [4.69, 9.17) is 4.74 Å². The largest absolute Gasteiger partial charge is 0.444 e. The van der Waals surface area contributed by atoms with Crippen molar-refractivity contribution in [2.24, 2.45) is 0 Å². The Hall–Kier alpha value is -0.770. The lowest BCUT2D eigenvalue weighted by Crippen LogP contribution is -2.57. The van der Waals surface area contributed by atoms with Crippen LogP contribution in [0.4, 0.5) is 4.79 Å². The molecule has 1 heterocycles. The van der Waals surface area contributed by atoms with Gasteiger partial charge in [0.1, 0.15) is 5.60 Å². The molecule has 4 nitrogen and oxygen atoms in total. The summed E-state index contributed by atoms with van der Waals surface area (Å²) >= 11 is 0. The number of carbonyl (C=O) groups is 1. The van der Waals surface area contributed by atoms with Crippen LogP contribution in [-0.4, -0.2) is 41.8 Å². The summed E-state index contributed by atoms with van der Waals surface area (Å²) in [5.74, 6) is 0. The number of hydrogen-bond acceptors (Lipinski definition) is 3. The molecular formula is C11H22N2O2. The van der Waals surface area contributed by atoms with Crippen LogP contribution in [0, 0.1) is 0 Å². The Morgan fingerprint density at radius 3 is 2.53 bits per heavy atom. The van der Waals surface area contributed by atoms with E-state index in [0.717, 1.165) is 13.1 Å². The molecule has 0 aromatic heterocycles. The Labute approximate surface area is 92.0 Å². The highest BCUT2D eigenvalue weighted by molar-refractivity contribution is 5.68. The van der Waals surface area contributed by atoms with Gasteiger partial charge in [-0.15, -0.1) is 0 Å². The number of ether oxygens (including phenoxy) is 1. The molecule has 0 aromatic carbocycles. The van der Waals surface area contributed by atoms with Gasteiger partial charge in [-0.1, -0.05) is 0 Å². The van der Waals surface area contributed by atoms with Crippen molar-refractivity contribution in [3.8, 4) is 0 Å². The average Bonchev–Trinajstić information content (AvgIpc) is 2.06. The normalized spacial score (nSPS) is 27.7. The molecule has 15 heavy (non-hydrogen) atoms. The average molecular weight is 214 g/mol. The van der Waals surface area contributed by atoms with Gasteiger partial charge in [-0.05, 0) is 34.6 Å². The Morgan fingerprint density at radius 1 is 1.40 bits per heavy atom. The molecule has 1 amide bonds. The lowest BCUT2D eigenvalue weighted by molar-refractivity contribution is 0.00927. The van der Waals surface area contributed by atoms with Gasteiger partial charge in [0.25, 0.3) is 0 Å². The number of nitrogens with zero attached hydrogens (tertiary/aromatic N) is 1. The van der Waals surface area contributed by atoms with Gasteiger partial charge in [0, 0.05) is 25.2 Å². The molecule has 0 radical (unpaired) electrons. The maximum Gasteiger partial charge on any atom is 0.410 e. The van der Waals surface area contributed by atoms with Crippen LogP contribution in [0.25, 0.3) is 0 Å². The Bertz CT molecular complexity index is 235. The molecule has 1 aliphatic heterocycles. The molecule has 2 atom stereocenters. The maximum atomic E-state index is 11.8. The molecule has 0 bridgehead atoms. The van der Waals surface area contributed by atoms with E-state index in [0.29, 0.717) is 6.04 Å². The zero-order valence-electron chi connectivity index (χ0n) is 10.3. The minimum atomic E-state index is -0.412. The summed E-state index contributed by atoms with van der Waals surface area (Å²) < 4.78 is 5.36. The molecule has 4 heteroatoms. The monoisotopic (exact) mass is 214 g/mol. The molecule has 1 fully saturated rings. The first-order valence-corrected chi connectivity index (χ1v) is 5.54. The number of nitrogens with one attached hydrogen (secondary N) is 1. The lowest BCUT2D eigenvalue weighted by Gasteiger charge is -2.39. The summed E-state index contributed by atoms with van der Waals surface area (Å²) in [6, 6.07) is 0.514. The van der Waals surface area contributed by atoms with E-state index in [2.05, 4.69) is 12.2 Å². The molecule has 0 aromatic rings. The van der Waals surface area contributed by atoms with Crippen molar-refractivity contribution in [2.75, 3.05) is 13.1 Å². The first kappa shape index (κ1) is 12.3. The van der Waals surface area contributed by atoms with Crippen molar-refractivity contribution in [1.29, 1.82) is 0 Å². The van der Waals surface area contributed by atoms with E-state index in [9.17, 15) is 4.79 Å². The Balaban J connectivity index is 2.59. The van der Waals surface area contributed by atoms with E-state index in [1.165, 1.54) is 0 Å². The van der Waals surface area contributed by atoms with Crippen LogP contribution in [-0.2, 0) is 4.74 Å². The molecule has 0 aliphatic carbocycles. The minimum absolute atomic E-state index is 0.189. The van der Waals surface area contributed by atoms with Crippen LogP contribution in [0.15, 0.2) is 0 Å². The number of carbonyl (C=O) groups excluding carboxylic acids is 1. The third-order valence-corrected chi connectivity index (χ3v) is 2.66. The number of hydrogen-bond donors (Lipinski definition) is 1. The van der Waals surface area contributed by atoms with Crippen molar-refractivity contribution in [3.63, 3.8) is 0 Å². The summed E-state index contributed by atoms with van der Waals surface area (Å²) in [6.07, 6.45) is -0.205. The topological polar surface area (TPSA) is 41.6 Å². The SMILES string of the molecule is C[C@H]1NCCN(C(=O)OC(C)(C)C)[C@H]1C. The highest BCUT2D eigenvalue weighted by Crippen LogP contribution is 2.15. The summed E-state index contributed by atoms with van der Waals surface area (Å²) in [4.78, 5) is 13.6. The Morgan fingerprint density at radius 2 is 2.00 bits per heavy atom. The zero-order valence-corrected chi connectivity index (χ0v) is 10.3. The number of amides is 1. The fourth-order valence-electron chi connectivity index (χ4n) is 1.63. The number of piperazine rings is 1. The van der Waals surface area contributed by atoms with E-state index < -0.39 is 5.60 Å². The van der Waals surface area contributed by atoms with Crippen molar-refractivity contribution in [1.82, 2.24) is 10.2 Å². The van der Waals surface area contributed by atoms with Gasteiger partial charge in [-0.2, -0.15) is 0 Å². The second-order valence-corrected chi connectivity index (χ2v) is 5.16. The predicted octanol–water partition coefficient (Wildman–Crippen LogP) is 1.60. The van der Waals surface area contributed by atoms with E-state index in [1.807, 2.05) is 27.7 Å². The van der Waals surface area contributed by atoms with Gasteiger partial charge in [-0.25, -0.2) is 4.79 Å². The first-order chi connectivity index (χ1) is 6.81. The molecule has 0 saturated carbocycles. The van der Waals surface area contributed by atoms with Crippen molar-refractivity contribution >= 4 is 6.09 Å². The zero-order chi connectivity index (χ0) is 11.6. The van der Waals surface area contributed by atoms with Gasteiger partial charge in [0.05, 0.1) is 0 Å². The quantitative estimate of drug-likeness (QED) is 0.666. The summed E-state index contributed by atoms with van der Waals surface area (Å²) in [6.45, 7) is 11.4. The van der Waals surface area contributed by atoms with Gasteiger partial charge in [0.15, 0.2) is 0 Å². The van der Waals surface area contributed by atoms with Crippen LogP contribution in [0.1, 0.15) is 34.6 Å². The van der Waals surface area contributed by atoms with Gasteiger partial charge in [0.2, 0.25) is 0 Å². The second kappa shape index (κ2) is 4.39. The second-order valence-electron chi connectivity index (χ2n) is 5.16. The van der Waals surface area contributed by atoms with Crippen molar-refractivity contribution < 1.29 is 9.53 Å². The summed E-state index contributed by atoms with van der Waals surface area (Å²) in [5, 5.41) is 3.33. The molecular weight excluding hydrogens is 192 g/mol. The van der Waals surface area contributed by atoms with Crippen molar-refractivity contribution in [2.45, 2.75) is 52.3 Å². The Kier molecular flexibility index (Phi) is 3.60. The fraction of sp³-hybridized carbons (Fsp3) is 0.909. The smallest absolute Gasteiger partial charge is 0.410 e. The van der Waals surface area contributed by atoms with E-state index in [-0.39, 0.29) is 12.1 Å². The fourth-order valence-corrected chi connectivity index (χ4v) is 1.63. The molecule has 0 unspecified atom stereocenters. The summed E-state index contributed by atoms with van der Waals surface area (Å²) in [5.41, 5.74) is -0.412. The molecule has 0 spiro atoms. The van der Waals surface area contributed by atoms with Gasteiger partial charge in [-0.3, -0.25) is 0 Å². The summed E-state index contributed by atoms with van der Waals surface area (Å²) in [7, 11) is 0. The third-order valence-electron chi connectivity index (χ3n) is 2.66. The first-order valence-electron chi connectivity index (χ1n) is 5.54. The molecule has 1 saturated heterocycles. The van der Waals surface area contributed by atoms with Crippen molar-refractivity contribution in [3.05, 3.63) is 0 Å². The molecule has 88 valence electrons. The standard InChI is InChI=1S/C11H22N2O2/c1-8-9(2)13(7-6-12-8)10(14)15-11(3,4)5/h8-9,12H,6-7H2,1-5H3/t8-,9+/m1/s1. The molecule has 1 rings (SSSR count). The van der Waals surface area contributed by atoms with Crippen LogP contribution in [0.2, 0.25) is 0 Å². The molecule has 1 N–H and O–H groups in total. The van der Waals surface area contributed by atoms with Crippen LogP contribution < -0.4 is 5.32 Å². The van der Waals surface area contributed by atoms with Gasteiger partial charge < -0.3 is 15.0 Å². The third kappa shape index (κ3) is 3.38. The minimum Gasteiger partial charge on any atom is -0.444 e. The van der Waals surface area contributed by atoms with Crippen LogP contribution >= 0.6 is 0 Å². The predicted molar refractivity (Wildman–Crippen MR) is 59.9 cm³/mol. The van der Waals surface area contributed by atoms with E-state index >= 15 is 0 Å². The van der Waals surface area contributed by atoms with E-state index in [1.54, 1.807) is 4.90 Å². The highest BCUT2D eigenvalue weighted by Gasteiger charge is 2.31. The molecule has 1 aliphatic rings. The van der Waals surface area contributed by atoms with Gasteiger partial charge >= 0.3 is 6.09 Å². The lowest BCUT2D eigenvalue weighted by atomic mass is 10.1. The highest BCUT2D eigenvalue weighted by atomic mass is 16.6. The maximum absolute atomic E-state index is 11.8. The number of rotatable bonds is 0.